The smallest absolute Gasteiger partial charge is 0.387 e. The van der Waals surface area contributed by atoms with Gasteiger partial charge in [-0.2, -0.15) is 13.2 Å². The van der Waals surface area contributed by atoms with E-state index in [1.165, 1.54) is 19.1 Å². The minimum Gasteiger partial charge on any atom is -0.387 e. The Morgan fingerprint density at radius 2 is 1.97 bits per heavy atom. The van der Waals surface area contributed by atoms with E-state index in [2.05, 4.69) is 10.3 Å². The second-order valence-corrected chi connectivity index (χ2v) is 6.65. The van der Waals surface area contributed by atoms with Crippen LogP contribution in [0, 0.1) is 0 Å². The van der Waals surface area contributed by atoms with Crippen molar-refractivity contribution in [2.75, 3.05) is 11.9 Å². The first-order chi connectivity index (χ1) is 13.6. The van der Waals surface area contributed by atoms with Gasteiger partial charge in [0.05, 0.1) is 27.5 Å². The maximum absolute atomic E-state index is 13.2. The Bertz CT molecular complexity index is 1140. The molecule has 1 atom stereocenters. The van der Waals surface area contributed by atoms with Crippen molar-refractivity contribution in [1.29, 1.82) is 0 Å². The lowest BCUT2D eigenvalue weighted by Gasteiger charge is -2.21. The third-order valence-electron chi connectivity index (χ3n) is 4.37. The summed E-state index contributed by atoms with van der Waals surface area (Å²) in [6.45, 7) is 0.645. The molecule has 0 aliphatic heterocycles. The molecule has 0 aliphatic rings. The molecule has 10 heteroatoms. The average Bonchev–Trinajstić information content (AvgIpc) is 2.67. The Labute approximate surface area is 167 Å². The molecule has 0 fully saturated rings. The van der Waals surface area contributed by atoms with Gasteiger partial charge >= 0.3 is 6.18 Å². The highest BCUT2D eigenvalue weighted by atomic mass is 35.5. The molecule has 0 radical (unpaired) electrons. The minimum atomic E-state index is -4.67. The van der Waals surface area contributed by atoms with Gasteiger partial charge < -0.3 is 5.11 Å². The van der Waals surface area contributed by atoms with E-state index in [-0.39, 0.29) is 16.9 Å². The second-order valence-electron chi connectivity index (χ2n) is 6.25. The van der Waals surface area contributed by atoms with E-state index < -0.39 is 40.9 Å². The lowest BCUT2D eigenvalue weighted by molar-refractivity contribution is -0.137. The maximum Gasteiger partial charge on any atom is 0.417 e. The summed E-state index contributed by atoms with van der Waals surface area (Å²) in [7, 11) is 0. The highest BCUT2D eigenvalue weighted by molar-refractivity contribution is 6.31. The normalized spacial score (nSPS) is 12.8. The van der Waals surface area contributed by atoms with E-state index in [0.717, 1.165) is 16.7 Å². The number of aromatic nitrogens is 2. The molecule has 0 bridgehead atoms. The summed E-state index contributed by atoms with van der Waals surface area (Å²) in [6, 6.07) is 8.74. The summed E-state index contributed by atoms with van der Waals surface area (Å²) in [5.41, 5.74) is -1.16. The van der Waals surface area contributed by atoms with Crippen LogP contribution in [0.25, 0.3) is 10.9 Å². The number of nitrogens with zero attached hydrogens (tertiary/aromatic N) is 2. The summed E-state index contributed by atoms with van der Waals surface area (Å²) in [5, 5.41) is 11.1. The molecule has 152 valence electrons. The number of fused-ring (bicyclic) bond motifs is 1. The summed E-state index contributed by atoms with van der Waals surface area (Å²) >= 11 is 5.67. The SMILES string of the molecule is C[C@H](c1ccc(Cl)c(C(F)(F)F)c1)n1c(NC(=O)CO)nc2ccccc2c1=O. The number of amides is 1. The van der Waals surface area contributed by atoms with Crippen molar-refractivity contribution >= 4 is 34.4 Å². The summed E-state index contributed by atoms with van der Waals surface area (Å²) in [5.74, 6) is -1.01. The van der Waals surface area contributed by atoms with Crippen LogP contribution < -0.4 is 10.9 Å². The van der Waals surface area contributed by atoms with Crippen LogP contribution in [-0.2, 0) is 11.0 Å². The maximum atomic E-state index is 13.2. The molecule has 0 aliphatic carbocycles. The third kappa shape index (κ3) is 4.10. The highest BCUT2D eigenvalue weighted by Crippen LogP contribution is 2.36. The summed E-state index contributed by atoms with van der Waals surface area (Å²) < 4.78 is 40.8. The zero-order valence-corrected chi connectivity index (χ0v) is 15.8. The topological polar surface area (TPSA) is 84.2 Å². The molecule has 29 heavy (non-hydrogen) atoms. The molecule has 1 aromatic heterocycles. The van der Waals surface area contributed by atoms with Crippen LogP contribution in [0.15, 0.2) is 47.3 Å². The fraction of sp³-hybridized carbons (Fsp3) is 0.211. The van der Waals surface area contributed by atoms with Crippen molar-refractivity contribution in [3.8, 4) is 0 Å². The van der Waals surface area contributed by atoms with Gasteiger partial charge in [0, 0.05) is 0 Å². The van der Waals surface area contributed by atoms with Gasteiger partial charge in [-0.3, -0.25) is 19.5 Å². The Morgan fingerprint density at radius 3 is 2.62 bits per heavy atom. The van der Waals surface area contributed by atoms with Crippen molar-refractivity contribution in [1.82, 2.24) is 9.55 Å². The first kappa shape index (κ1) is 20.8. The van der Waals surface area contributed by atoms with Crippen molar-refractivity contribution in [2.45, 2.75) is 19.1 Å². The number of carbonyl (C=O) groups is 1. The summed E-state index contributed by atoms with van der Waals surface area (Å²) in [4.78, 5) is 29.0. The quantitative estimate of drug-likeness (QED) is 0.669. The van der Waals surface area contributed by atoms with Gasteiger partial charge in [-0.05, 0) is 36.8 Å². The van der Waals surface area contributed by atoms with Crippen molar-refractivity contribution in [3.63, 3.8) is 0 Å². The summed E-state index contributed by atoms with van der Waals surface area (Å²) in [6.07, 6.45) is -4.67. The fourth-order valence-corrected chi connectivity index (χ4v) is 3.15. The average molecular weight is 426 g/mol. The lowest BCUT2D eigenvalue weighted by Crippen LogP contribution is -2.30. The molecule has 1 amide bonds. The molecule has 2 N–H and O–H groups in total. The molecule has 1 heterocycles. The molecule has 3 rings (SSSR count). The van der Waals surface area contributed by atoms with Crippen molar-refractivity contribution < 1.29 is 23.1 Å². The zero-order chi connectivity index (χ0) is 21.3. The number of benzene rings is 2. The van der Waals surface area contributed by atoms with E-state index in [1.807, 2.05) is 0 Å². The zero-order valence-electron chi connectivity index (χ0n) is 15.0. The van der Waals surface area contributed by atoms with Crippen LogP contribution in [0.4, 0.5) is 19.1 Å². The molecule has 2 aromatic carbocycles. The van der Waals surface area contributed by atoms with Crippen LogP contribution >= 0.6 is 11.6 Å². The first-order valence-electron chi connectivity index (χ1n) is 8.42. The molecule has 6 nitrogen and oxygen atoms in total. The van der Waals surface area contributed by atoms with Gasteiger partial charge in [-0.1, -0.05) is 29.8 Å². The Balaban J connectivity index is 2.22. The van der Waals surface area contributed by atoms with Gasteiger partial charge in [0.25, 0.3) is 11.5 Å². The number of halogens is 4. The molecule has 0 saturated heterocycles. The first-order valence-corrected chi connectivity index (χ1v) is 8.80. The van der Waals surface area contributed by atoms with Gasteiger partial charge in [0.15, 0.2) is 0 Å². The number of nitrogens with one attached hydrogen (secondary N) is 1. The number of aliphatic hydroxyl groups is 1. The van der Waals surface area contributed by atoms with Gasteiger partial charge in [0.1, 0.15) is 6.61 Å². The van der Waals surface area contributed by atoms with Gasteiger partial charge in [-0.25, -0.2) is 4.98 Å². The molecular formula is C19H15ClF3N3O3. The highest BCUT2D eigenvalue weighted by Gasteiger charge is 2.34. The van der Waals surface area contributed by atoms with E-state index >= 15 is 0 Å². The number of anilines is 1. The monoisotopic (exact) mass is 425 g/mol. The van der Waals surface area contributed by atoms with Crippen LogP contribution in [0.2, 0.25) is 5.02 Å². The second kappa shape index (κ2) is 7.84. The standard InChI is InChI=1S/C19H15ClF3N3O3/c1-10(11-6-7-14(20)13(8-11)19(21,22)23)26-17(29)12-4-2-3-5-15(12)24-18(26)25-16(28)9-27/h2-8,10,27H,9H2,1H3,(H,24,25,28)/t10-/m1/s1. The molecular weight excluding hydrogens is 411 g/mol. The molecule has 0 unspecified atom stereocenters. The number of alkyl halides is 3. The number of hydrogen-bond acceptors (Lipinski definition) is 4. The number of hydrogen-bond donors (Lipinski definition) is 2. The third-order valence-corrected chi connectivity index (χ3v) is 4.70. The van der Waals surface area contributed by atoms with E-state index in [9.17, 15) is 22.8 Å². The largest absolute Gasteiger partial charge is 0.417 e. The van der Waals surface area contributed by atoms with Crippen molar-refractivity contribution in [2.24, 2.45) is 0 Å². The van der Waals surface area contributed by atoms with Crippen molar-refractivity contribution in [3.05, 3.63) is 69.0 Å². The van der Waals surface area contributed by atoms with Gasteiger partial charge in [-0.15, -0.1) is 0 Å². The van der Waals surface area contributed by atoms with Crippen LogP contribution in [-0.4, -0.2) is 27.2 Å². The molecule has 0 saturated carbocycles. The predicted octanol–water partition coefficient (Wildman–Crippen LogP) is 3.61. The molecule has 0 spiro atoms. The Kier molecular flexibility index (Phi) is 5.63. The van der Waals surface area contributed by atoms with E-state index in [1.54, 1.807) is 18.2 Å². The van der Waals surface area contributed by atoms with Crippen LogP contribution in [0.1, 0.15) is 24.1 Å². The van der Waals surface area contributed by atoms with Crippen LogP contribution in [0.5, 0.6) is 0 Å². The molecule has 3 aromatic rings. The number of carbonyl (C=O) groups excluding carboxylic acids is 1. The number of rotatable bonds is 4. The Morgan fingerprint density at radius 1 is 1.28 bits per heavy atom. The minimum absolute atomic E-state index is 0.139. The number of aliphatic hydroxyl groups excluding tert-OH is 1. The lowest BCUT2D eigenvalue weighted by atomic mass is 10.0. The van der Waals surface area contributed by atoms with Crippen LogP contribution in [0.3, 0.4) is 0 Å². The van der Waals surface area contributed by atoms with Gasteiger partial charge in [0.2, 0.25) is 5.95 Å². The Hall–Kier alpha value is -2.91. The predicted molar refractivity (Wildman–Crippen MR) is 102 cm³/mol. The number of para-hydroxylation sites is 1. The van der Waals surface area contributed by atoms with E-state index in [4.69, 9.17) is 16.7 Å². The van der Waals surface area contributed by atoms with E-state index in [0.29, 0.717) is 5.52 Å². The fourth-order valence-electron chi connectivity index (χ4n) is 2.93.